The van der Waals surface area contributed by atoms with Gasteiger partial charge in [-0.25, -0.2) is 9.97 Å². The number of nitrogens with zero attached hydrogens (tertiary/aromatic N) is 6. The van der Waals surface area contributed by atoms with Crippen molar-refractivity contribution in [1.29, 1.82) is 0 Å². The minimum atomic E-state index is 0.676. The second-order valence-corrected chi connectivity index (χ2v) is 9.55. The number of aromatic amines is 2. The highest BCUT2D eigenvalue weighted by Gasteiger charge is 2.18. The van der Waals surface area contributed by atoms with E-state index in [-0.39, 0.29) is 0 Å². The van der Waals surface area contributed by atoms with Gasteiger partial charge in [-0.3, -0.25) is 20.0 Å². The van der Waals surface area contributed by atoms with Crippen molar-refractivity contribution < 1.29 is 0 Å². The Morgan fingerprint density at radius 1 is 0.889 bits per heavy atom. The molecule has 8 heteroatoms. The third-order valence-corrected chi connectivity index (χ3v) is 7.05. The van der Waals surface area contributed by atoms with Crippen molar-refractivity contribution in [1.82, 2.24) is 40.0 Å². The summed E-state index contributed by atoms with van der Waals surface area (Å²) in [5.41, 5.74) is 9.38. The zero-order valence-electron chi connectivity index (χ0n) is 19.9. The number of allylic oxidation sites excluding steroid dienone is 4. The van der Waals surface area contributed by atoms with E-state index in [1.54, 1.807) is 0 Å². The number of hydrogen-bond acceptors (Lipinski definition) is 6. The summed E-state index contributed by atoms with van der Waals surface area (Å²) < 4.78 is 0. The highest BCUT2D eigenvalue weighted by Crippen LogP contribution is 2.31. The molecular weight excluding hydrogens is 448 g/mol. The first-order chi connectivity index (χ1) is 17.8. The van der Waals surface area contributed by atoms with E-state index in [2.05, 4.69) is 54.3 Å². The van der Waals surface area contributed by atoms with Crippen molar-refractivity contribution in [2.75, 3.05) is 13.1 Å². The van der Waals surface area contributed by atoms with Gasteiger partial charge in [-0.2, -0.15) is 5.10 Å². The van der Waals surface area contributed by atoms with Crippen LogP contribution in [0.1, 0.15) is 36.8 Å². The van der Waals surface area contributed by atoms with Crippen LogP contribution in [0.15, 0.2) is 61.2 Å². The Bertz CT molecular complexity index is 1630. The van der Waals surface area contributed by atoms with Crippen LogP contribution in [0.3, 0.4) is 0 Å². The Kier molecular flexibility index (Phi) is 5.17. The molecular formula is C28H26N8. The highest BCUT2D eigenvalue weighted by atomic mass is 15.2. The normalized spacial score (nSPS) is 16.3. The minimum absolute atomic E-state index is 0.676. The molecule has 1 saturated heterocycles. The number of likely N-dealkylation sites (tertiary alicyclic amines) is 1. The van der Waals surface area contributed by atoms with Gasteiger partial charge in [0, 0.05) is 36.3 Å². The second-order valence-electron chi connectivity index (χ2n) is 9.55. The molecule has 0 bridgehead atoms. The topological polar surface area (TPSA) is 99.3 Å². The molecule has 1 aliphatic carbocycles. The summed E-state index contributed by atoms with van der Waals surface area (Å²) in [5, 5.41) is 7.68. The van der Waals surface area contributed by atoms with Crippen LogP contribution in [0.4, 0.5) is 0 Å². The molecule has 36 heavy (non-hydrogen) atoms. The van der Waals surface area contributed by atoms with Crippen LogP contribution in [-0.4, -0.2) is 53.1 Å². The van der Waals surface area contributed by atoms with Crippen LogP contribution in [0, 0.1) is 0 Å². The SMILES string of the molecule is C1=CC(c2cncc3[nH]c(-c4n[nH]c5ccc(-c6cncc(CN7CCCCC7)c6)nc45)nc23)=CC1. The molecule has 178 valence electrons. The van der Waals surface area contributed by atoms with Crippen LogP contribution in [-0.2, 0) is 6.54 Å². The second kappa shape index (κ2) is 8.80. The Hall–Kier alpha value is -4.17. The summed E-state index contributed by atoms with van der Waals surface area (Å²) in [6, 6.07) is 6.25. The Labute approximate surface area is 208 Å². The van der Waals surface area contributed by atoms with E-state index in [0.717, 1.165) is 70.5 Å². The molecule has 0 saturated carbocycles. The fraction of sp³-hybridized carbons (Fsp3) is 0.250. The van der Waals surface area contributed by atoms with E-state index in [1.165, 1.54) is 24.8 Å². The number of hydrogen-bond donors (Lipinski definition) is 2. The highest BCUT2D eigenvalue weighted by molar-refractivity contribution is 5.96. The lowest BCUT2D eigenvalue weighted by molar-refractivity contribution is 0.220. The van der Waals surface area contributed by atoms with E-state index < -0.39 is 0 Å². The molecule has 0 amide bonds. The van der Waals surface area contributed by atoms with Gasteiger partial charge in [-0.1, -0.05) is 24.6 Å². The van der Waals surface area contributed by atoms with Gasteiger partial charge < -0.3 is 4.98 Å². The molecule has 1 aliphatic heterocycles. The molecule has 2 aliphatic rings. The summed E-state index contributed by atoms with van der Waals surface area (Å²) in [6.45, 7) is 3.26. The van der Waals surface area contributed by atoms with E-state index >= 15 is 0 Å². The fourth-order valence-corrected chi connectivity index (χ4v) is 5.23. The Morgan fingerprint density at radius 2 is 1.81 bits per heavy atom. The van der Waals surface area contributed by atoms with E-state index in [9.17, 15) is 0 Å². The molecule has 1 fully saturated rings. The maximum Gasteiger partial charge on any atom is 0.161 e. The number of piperidine rings is 1. The first-order valence-corrected chi connectivity index (χ1v) is 12.5. The van der Waals surface area contributed by atoms with Crippen molar-refractivity contribution in [2.24, 2.45) is 0 Å². The van der Waals surface area contributed by atoms with Crippen LogP contribution < -0.4 is 0 Å². The summed E-state index contributed by atoms with van der Waals surface area (Å²) >= 11 is 0. The number of imidazole rings is 1. The molecule has 0 unspecified atom stereocenters. The monoisotopic (exact) mass is 474 g/mol. The zero-order valence-corrected chi connectivity index (χ0v) is 19.9. The van der Waals surface area contributed by atoms with Gasteiger partial charge >= 0.3 is 0 Å². The van der Waals surface area contributed by atoms with Gasteiger partial charge in [0.2, 0.25) is 0 Å². The molecule has 8 nitrogen and oxygen atoms in total. The average molecular weight is 475 g/mol. The van der Waals surface area contributed by atoms with Crippen LogP contribution in [0.2, 0.25) is 0 Å². The number of fused-ring (bicyclic) bond motifs is 2. The number of H-pyrrole nitrogens is 2. The van der Waals surface area contributed by atoms with Gasteiger partial charge in [0.15, 0.2) is 11.5 Å². The molecule has 5 aromatic heterocycles. The van der Waals surface area contributed by atoms with Crippen LogP contribution in [0.5, 0.6) is 0 Å². The Morgan fingerprint density at radius 3 is 2.69 bits per heavy atom. The fourth-order valence-electron chi connectivity index (χ4n) is 5.23. The lowest BCUT2D eigenvalue weighted by Gasteiger charge is -2.26. The largest absolute Gasteiger partial charge is 0.335 e. The molecule has 6 heterocycles. The number of aromatic nitrogens is 7. The smallest absolute Gasteiger partial charge is 0.161 e. The summed E-state index contributed by atoms with van der Waals surface area (Å²) in [6.07, 6.45) is 18.8. The van der Waals surface area contributed by atoms with Crippen LogP contribution >= 0.6 is 0 Å². The summed E-state index contributed by atoms with van der Waals surface area (Å²) in [7, 11) is 0. The quantitative estimate of drug-likeness (QED) is 0.359. The predicted molar refractivity (Wildman–Crippen MR) is 141 cm³/mol. The third-order valence-electron chi connectivity index (χ3n) is 7.05. The van der Waals surface area contributed by atoms with Crippen molar-refractivity contribution in [3.05, 3.63) is 72.3 Å². The minimum Gasteiger partial charge on any atom is -0.335 e. The number of pyridine rings is 3. The van der Waals surface area contributed by atoms with Crippen LogP contribution in [0.25, 0.3) is 50.4 Å². The summed E-state index contributed by atoms with van der Waals surface area (Å²) in [5.74, 6) is 0.676. The van der Waals surface area contributed by atoms with Gasteiger partial charge in [0.1, 0.15) is 5.52 Å². The van der Waals surface area contributed by atoms with Crippen molar-refractivity contribution in [3.8, 4) is 22.8 Å². The molecule has 7 rings (SSSR count). The van der Waals surface area contributed by atoms with Gasteiger partial charge in [0.05, 0.1) is 28.4 Å². The third kappa shape index (κ3) is 3.79. The first kappa shape index (κ1) is 21.1. The average Bonchev–Trinajstić information content (AvgIpc) is 3.68. The summed E-state index contributed by atoms with van der Waals surface area (Å²) in [4.78, 5) is 24.8. The van der Waals surface area contributed by atoms with Crippen molar-refractivity contribution >= 4 is 27.6 Å². The zero-order chi connectivity index (χ0) is 23.9. The molecule has 5 aromatic rings. The van der Waals surface area contributed by atoms with E-state index in [1.807, 2.05) is 36.9 Å². The van der Waals surface area contributed by atoms with E-state index in [4.69, 9.17) is 9.97 Å². The first-order valence-electron chi connectivity index (χ1n) is 12.5. The molecule has 0 aromatic carbocycles. The predicted octanol–water partition coefficient (Wildman–Crippen LogP) is 5.29. The molecule has 0 atom stereocenters. The lowest BCUT2D eigenvalue weighted by Crippen LogP contribution is -2.29. The molecule has 0 spiro atoms. The molecule has 0 radical (unpaired) electrons. The number of nitrogens with one attached hydrogen (secondary N) is 2. The maximum absolute atomic E-state index is 4.99. The van der Waals surface area contributed by atoms with E-state index in [0.29, 0.717) is 11.5 Å². The van der Waals surface area contributed by atoms with Crippen molar-refractivity contribution in [3.63, 3.8) is 0 Å². The van der Waals surface area contributed by atoms with Gasteiger partial charge in [-0.05, 0) is 61.7 Å². The lowest BCUT2D eigenvalue weighted by atomic mass is 10.1. The van der Waals surface area contributed by atoms with Crippen molar-refractivity contribution in [2.45, 2.75) is 32.2 Å². The maximum atomic E-state index is 4.99. The molecule has 2 N–H and O–H groups in total. The standard InChI is InChI=1S/C28H26N8/c1-4-10-36(11-5-1)17-18-12-20(14-29-13-18)22-8-9-23-26(31-22)27(35-34-23)28-32-24-16-30-15-21(25(24)33-28)19-6-2-3-7-19/h2,6-9,12-16H,1,3-5,10-11,17H2,(H,32,33)(H,34,35). The Balaban J connectivity index is 1.25. The number of rotatable bonds is 5. The van der Waals surface area contributed by atoms with Gasteiger partial charge in [0.25, 0.3) is 0 Å². The van der Waals surface area contributed by atoms with Gasteiger partial charge in [-0.15, -0.1) is 0 Å².